The van der Waals surface area contributed by atoms with E-state index >= 15 is 0 Å². The molecule has 0 aliphatic carbocycles. The number of aromatic nitrogens is 2. The van der Waals surface area contributed by atoms with Crippen LogP contribution in [0.15, 0.2) is 12.4 Å². The molecule has 8 heteroatoms. The smallest absolute Gasteiger partial charge is 0.274 e. The summed E-state index contributed by atoms with van der Waals surface area (Å²) in [6, 6.07) is 0. The van der Waals surface area contributed by atoms with E-state index in [1.54, 1.807) is 19.3 Å². The van der Waals surface area contributed by atoms with E-state index in [1.165, 1.54) is 0 Å². The third kappa shape index (κ3) is 3.64. The average Bonchev–Trinajstić information content (AvgIpc) is 2.62. The molecule has 1 aromatic rings. The van der Waals surface area contributed by atoms with Crippen LogP contribution in [-0.4, -0.2) is 95.9 Å². The zero-order valence-electron chi connectivity index (χ0n) is 14.3. The van der Waals surface area contributed by atoms with Crippen LogP contribution in [0.4, 0.5) is 5.82 Å². The molecule has 0 bridgehead atoms. The quantitative estimate of drug-likeness (QED) is 0.729. The number of amides is 2. The van der Waals surface area contributed by atoms with Gasteiger partial charge < -0.3 is 19.6 Å². The number of likely N-dealkylation sites (N-methyl/N-ethyl adjacent to an activating group) is 1. The molecule has 0 atom stereocenters. The molecule has 2 saturated heterocycles. The highest BCUT2D eigenvalue weighted by Gasteiger charge is 2.23. The number of rotatable bonds is 2. The van der Waals surface area contributed by atoms with Crippen molar-refractivity contribution in [2.75, 3.05) is 64.3 Å². The van der Waals surface area contributed by atoms with Gasteiger partial charge in [0.1, 0.15) is 11.5 Å². The van der Waals surface area contributed by atoms with Crippen LogP contribution in [0.3, 0.4) is 0 Å². The first-order valence-electron chi connectivity index (χ1n) is 8.35. The second-order valence-electron chi connectivity index (χ2n) is 6.35. The Morgan fingerprint density at radius 1 is 0.875 bits per heavy atom. The first-order valence-corrected chi connectivity index (χ1v) is 8.35. The van der Waals surface area contributed by atoms with Crippen molar-refractivity contribution in [3.05, 3.63) is 18.1 Å². The van der Waals surface area contributed by atoms with Gasteiger partial charge in [0.15, 0.2) is 0 Å². The SMILES string of the molecule is CC(=O)N1CCN(c2cnc(C(=O)N3CCN(C)CC3)cn2)CC1. The molecule has 8 nitrogen and oxygen atoms in total. The molecule has 0 saturated carbocycles. The lowest BCUT2D eigenvalue weighted by molar-refractivity contribution is -0.129. The fourth-order valence-electron chi connectivity index (χ4n) is 3.02. The third-order valence-corrected chi connectivity index (χ3v) is 4.70. The molecule has 2 fully saturated rings. The Labute approximate surface area is 142 Å². The van der Waals surface area contributed by atoms with Crippen LogP contribution in [-0.2, 0) is 4.79 Å². The van der Waals surface area contributed by atoms with E-state index in [4.69, 9.17) is 0 Å². The summed E-state index contributed by atoms with van der Waals surface area (Å²) >= 11 is 0. The highest BCUT2D eigenvalue weighted by atomic mass is 16.2. The van der Waals surface area contributed by atoms with Gasteiger partial charge in [0.2, 0.25) is 5.91 Å². The first kappa shape index (κ1) is 16.6. The molecule has 2 aliphatic heterocycles. The fourth-order valence-corrected chi connectivity index (χ4v) is 3.02. The lowest BCUT2D eigenvalue weighted by Gasteiger charge is -2.34. The Bertz CT molecular complexity index is 589. The second-order valence-corrected chi connectivity index (χ2v) is 6.35. The molecule has 0 spiro atoms. The summed E-state index contributed by atoms with van der Waals surface area (Å²) in [5.41, 5.74) is 0.394. The number of nitrogens with zero attached hydrogens (tertiary/aromatic N) is 6. The fraction of sp³-hybridized carbons (Fsp3) is 0.625. The van der Waals surface area contributed by atoms with Crippen molar-refractivity contribution in [3.63, 3.8) is 0 Å². The molecule has 0 unspecified atom stereocenters. The van der Waals surface area contributed by atoms with Gasteiger partial charge in [-0.3, -0.25) is 9.59 Å². The summed E-state index contributed by atoms with van der Waals surface area (Å²) in [7, 11) is 2.06. The van der Waals surface area contributed by atoms with Crippen LogP contribution in [0.5, 0.6) is 0 Å². The molecular weight excluding hydrogens is 308 g/mol. The normalized spacial score (nSPS) is 19.5. The molecule has 3 heterocycles. The van der Waals surface area contributed by atoms with Crippen molar-refractivity contribution >= 4 is 17.6 Å². The van der Waals surface area contributed by atoms with Gasteiger partial charge in [-0.15, -0.1) is 0 Å². The lowest BCUT2D eigenvalue weighted by Crippen LogP contribution is -2.48. The van der Waals surface area contributed by atoms with Crippen LogP contribution in [0.1, 0.15) is 17.4 Å². The van der Waals surface area contributed by atoms with Crippen molar-refractivity contribution in [2.45, 2.75) is 6.92 Å². The van der Waals surface area contributed by atoms with Gasteiger partial charge in [0.05, 0.1) is 12.4 Å². The molecule has 3 rings (SSSR count). The Morgan fingerprint density at radius 3 is 2.04 bits per heavy atom. The van der Waals surface area contributed by atoms with Crippen molar-refractivity contribution in [3.8, 4) is 0 Å². The van der Waals surface area contributed by atoms with Crippen LogP contribution in [0, 0.1) is 0 Å². The van der Waals surface area contributed by atoms with E-state index in [0.29, 0.717) is 18.8 Å². The van der Waals surface area contributed by atoms with Crippen LogP contribution < -0.4 is 4.90 Å². The largest absolute Gasteiger partial charge is 0.352 e. The molecular formula is C16H24N6O2. The van der Waals surface area contributed by atoms with Gasteiger partial charge in [-0.25, -0.2) is 9.97 Å². The maximum Gasteiger partial charge on any atom is 0.274 e. The molecule has 2 aliphatic rings. The number of carbonyl (C=O) groups excluding carboxylic acids is 2. The summed E-state index contributed by atoms with van der Waals surface area (Å²) in [4.78, 5) is 40.5. The van der Waals surface area contributed by atoms with Crippen LogP contribution >= 0.6 is 0 Å². The van der Waals surface area contributed by atoms with E-state index in [0.717, 1.165) is 45.1 Å². The Kier molecular flexibility index (Phi) is 4.94. The number of hydrogen-bond donors (Lipinski definition) is 0. The van der Waals surface area contributed by atoms with E-state index in [1.807, 2.05) is 9.80 Å². The Hall–Kier alpha value is -2.22. The number of carbonyl (C=O) groups is 2. The summed E-state index contributed by atoms with van der Waals surface area (Å²) in [5.74, 6) is 0.811. The van der Waals surface area contributed by atoms with E-state index in [-0.39, 0.29) is 11.8 Å². The lowest BCUT2D eigenvalue weighted by atomic mass is 10.3. The summed E-state index contributed by atoms with van der Waals surface area (Å²) in [6.07, 6.45) is 3.22. The van der Waals surface area contributed by atoms with Gasteiger partial charge >= 0.3 is 0 Å². The predicted octanol–water partition coefficient (Wildman–Crippen LogP) is -0.467. The molecule has 1 aromatic heterocycles. The highest BCUT2D eigenvalue weighted by molar-refractivity contribution is 5.92. The van der Waals surface area contributed by atoms with Crippen LogP contribution in [0.2, 0.25) is 0 Å². The summed E-state index contributed by atoms with van der Waals surface area (Å²) in [5, 5.41) is 0. The number of piperazine rings is 2. The Balaban J connectivity index is 1.59. The molecule has 24 heavy (non-hydrogen) atoms. The standard InChI is InChI=1S/C16H24N6O2/c1-13(23)20-7-9-21(10-8-20)15-12-17-14(11-18-15)16(24)22-5-3-19(2)4-6-22/h11-12H,3-10H2,1-2H3. The monoisotopic (exact) mass is 332 g/mol. The van der Waals surface area contributed by atoms with Crippen molar-refractivity contribution < 1.29 is 9.59 Å². The van der Waals surface area contributed by atoms with E-state index < -0.39 is 0 Å². The van der Waals surface area contributed by atoms with E-state index in [2.05, 4.69) is 26.8 Å². The number of anilines is 1. The summed E-state index contributed by atoms with van der Waals surface area (Å²) in [6.45, 7) is 7.68. The summed E-state index contributed by atoms with van der Waals surface area (Å²) < 4.78 is 0. The zero-order valence-corrected chi connectivity index (χ0v) is 14.3. The van der Waals surface area contributed by atoms with Gasteiger partial charge in [-0.1, -0.05) is 0 Å². The van der Waals surface area contributed by atoms with Gasteiger partial charge in [0.25, 0.3) is 5.91 Å². The van der Waals surface area contributed by atoms with Crippen LogP contribution in [0.25, 0.3) is 0 Å². The van der Waals surface area contributed by atoms with Crippen molar-refractivity contribution in [2.24, 2.45) is 0 Å². The molecule has 0 N–H and O–H groups in total. The molecule has 130 valence electrons. The molecule has 2 amide bonds. The maximum atomic E-state index is 12.5. The van der Waals surface area contributed by atoms with E-state index in [9.17, 15) is 9.59 Å². The zero-order chi connectivity index (χ0) is 17.1. The predicted molar refractivity (Wildman–Crippen MR) is 89.9 cm³/mol. The Morgan fingerprint density at radius 2 is 1.50 bits per heavy atom. The highest BCUT2D eigenvalue weighted by Crippen LogP contribution is 2.13. The molecule has 0 aromatic carbocycles. The first-order chi connectivity index (χ1) is 11.5. The third-order valence-electron chi connectivity index (χ3n) is 4.70. The van der Waals surface area contributed by atoms with Crippen molar-refractivity contribution in [1.82, 2.24) is 24.7 Å². The van der Waals surface area contributed by atoms with Crippen molar-refractivity contribution in [1.29, 1.82) is 0 Å². The minimum Gasteiger partial charge on any atom is -0.352 e. The maximum absolute atomic E-state index is 12.5. The minimum absolute atomic E-state index is 0.0523. The topological polar surface area (TPSA) is 72.9 Å². The second kappa shape index (κ2) is 7.12. The van der Waals surface area contributed by atoms with Gasteiger partial charge in [-0.05, 0) is 7.05 Å². The number of hydrogen-bond acceptors (Lipinski definition) is 6. The van der Waals surface area contributed by atoms with Gasteiger partial charge in [-0.2, -0.15) is 0 Å². The molecule has 0 radical (unpaired) electrons. The van der Waals surface area contributed by atoms with Gasteiger partial charge in [0, 0.05) is 59.3 Å². The average molecular weight is 332 g/mol. The minimum atomic E-state index is -0.0523.